The molecule has 2 rings (SSSR count). The van der Waals surface area contributed by atoms with E-state index in [1.807, 2.05) is 18.2 Å². The predicted molar refractivity (Wildman–Crippen MR) is 80.9 cm³/mol. The van der Waals surface area contributed by atoms with E-state index in [0.717, 1.165) is 43.3 Å². The lowest BCUT2D eigenvalue weighted by Crippen LogP contribution is -2.37. The summed E-state index contributed by atoms with van der Waals surface area (Å²) in [6, 6.07) is 6.52. The van der Waals surface area contributed by atoms with Crippen molar-refractivity contribution in [2.24, 2.45) is 0 Å². The number of hydrogen-bond donors (Lipinski definition) is 1. The lowest BCUT2D eigenvalue weighted by molar-refractivity contribution is 0.232. The summed E-state index contributed by atoms with van der Waals surface area (Å²) in [5.41, 5.74) is 8.04. The van der Waals surface area contributed by atoms with E-state index in [0.29, 0.717) is 6.04 Å². The summed E-state index contributed by atoms with van der Waals surface area (Å²) >= 11 is 0. The topological polar surface area (TPSA) is 41.7 Å². The van der Waals surface area contributed by atoms with Gasteiger partial charge in [0.2, 0.25) is 0 Å². The van der Waals surface area contributed by atoms with Gasteiger partial charge in [-0.1, -0.05) is 13.8 Å². The monoisotopic (exact) mass is 263 g/mol. The molecule has 1 aliphatic heterocycles. The van der Waals surface area contributed by atoms with Gasteiger partial charge in [0.15, 0.2) is 0 Å². The maximum absolute atomic E-state index is 6.10. The summed E-state index contributed by atoms with van der Waals surface area (Å²) in [7, 11) is 1.69. The minimum Gasteiger partial charge on any atom is -0.497 e. The molecule has 0 amide bonds. The number of nitrogens with zero attached hydrogens (tertiary/aromatic N) is 2. The molecule has 0 aliphatic carbocycles. The maximum atomic E-state index is 6.10. The van der Waals surface area contributed by atoms with Crippen LogP contribution in [0, 0.1) is 0 Å². The van der Waals surface area contributed by atoms with Crippen LogP contribution in [0.25, 0.3) is 0 Å². The molecule has 1 aromatic carbocycles. The summed E-state index contributed by atoms with van der Waals surface area (Å²) in [4.78, 5) is 4.90. The van der Waals surface area contributed by atoms with Crippen LogP contribution in [0.3, 0.4) is 0 Å². The third-order valence-electron chi connectivity index (χ3n) is 4.07. The molecule has 1 unspecified atom stereocenters. The summed E-state index contributed by atoms with van der Waals surface area (Å²) in [5.74, 6) is 0.871. The van der Waals surface area contributed by atoms with Crippen LogP contribution in [0.5, 0.6) is 5.75 Å². The van der Waals surface area contributed by atoms with Crippen LogP contribution in [0.15, 0.2) is 18.2 Å². The number of benzene rings is 1. The Morgan fingerprint density at radius 3 is 2.74 bits per heavy atom. The number of anilines is 2. The van der Waals surface area contributed by atoms with Crippen LogP contribution < -0.4 is 15.4 Å². The molecular weight excluding hydrogens is 238 g/mol. The lowest BCUT2D eigenvalue weighted by Gasteiger charge is -2.27. The van der Waals surface area contributed by atoms with Gasteiger partial charge in [0.1, 0.15) is 5.75 Å². The van der Waals surface area contributed by atoms with Gasteiger partial charge in [0.05, 0.1) is 18.5 Å². The number of methoxy groups -OCH3 is 1. The third kappa shape index (κ3) is 2.95. The largest absolute Gasteiger partial charge is 0.497 e. The van der Waals surface area contributed by atoms with E-state index in [-0.39, 0.29) is 0 Å². The van der Waals surface area contributed by atoms with Gasteiger partial charge in [0, 0.05) is 25.2 Å². The second-order valence-corrected chi connectivity index (χ2v) is 5.03. The lowest BCUT2D eigenvalue weighted by atomic mass is 10.2. The Morgan fingerprint density at radius 1 is 1.37 bits per heavy atom. The molecule has 0 aromatic heterocycles. The number of ether oxygens (including phenoxy) is 1. The molecule has 19 heavy (non-hydrogen) atoms. The zero-order chi connectivity index (χ0) is 13.8. The van der Waals surface area contributed by atoms with Crippen LogP contribution in [0.4, 0.5) is 11.4 Å². The van der Waals surface area contributed by atoms with Gasteiger partial charge in [-0.05, 0) is 31.6 Å². The molecule has 1 aromatic rings. The highest BCUT2D eigenvalue weighted by molar-refractivity contribution is 5.70. The Balaban J connectivity index is 2.12. The Hall–Kier alpha value is -1.42. The number of hydrogen-bond acceptors (Lipinski definition) is 4. The molecule has 1 heterocycles. The molecule has 0 radical (unpaired) electrons. The van der Waals surface area contributed by atoms with Gasteiger partial charge in [-0.3, -0.25) is 4.90 Å². The maximum Gasteiger partial charge on any atom is 0.121 e. The first-order valence-corrected chi connectivity index (χ1v) is 7.12. The van der Waals surface area contributed by atoms with Crippen LogP contribution in [0.2, 0.25) is 0 Å². The molecular formula is C15H25N3O. The van der Waals surface area contributed by atoms with Crippen molar-refractivity contribution in [3.05, 3.63) is 18.2 Å². The van der Waals surface area contributed by atoms with Crippen molar-refractivity contribution >= 4 is 11.4 Å². The molecule has 0 saturated carbocycles. The van der Waals surface area contributed by atoms with E-state index in [2.05, 4.69) is 23.6 Å². The highest BCUT2D eigenvalue weighted by Gasteiger charge is 2.27. The number of rotatable bonds is 5. The van der Waals surface area contributed by atoms with E-state index in [1.165, 1.54) is 6.42 Å². The summed E-state index contributed by atoms with van der Waals surface area (Å²) in [5, 5.41) is 0. The standard InChI is InChI=1S/C15H25N3O/c1-4-17(5-2)12-8-9-18(11-12)15-10-13(19-3)6-7-14(15)16/h6-7,10,12H,4-5,8-9,11,16H2,1-3H3. The Labute approximate surface area is 116 Å². The van der Waals surface area contributed by atoms with Gasteiger partial charge in [-0.15, -0.1) is 0 Å². The SMILES string of the molecule is CCN(CC)C1CCN(c2cc(OC)ccc2N)C1. The average Bonchev–Trinajstić information content (AvgIpc) is 2.90. The Kier molecular flexibility index (Phi) is 4.53. The second-order valence-electron chi connectivity index (χ2n) is 5.03. The van der Waals surface area contributed by atoms with Crippen molar-refractivity contribution in [1.29, 1.82) is 0 Å². The molecule has 0 bridgehead atoms. The molecule has 1 atom stereocenters. The molecule has 0 spiro atoms. The van der Waals surface area contributed by atoms with Crippen molar-refractivity contribution in [2.75, 3.05) is 43.9 Å². The summed E-state index contributed by atoms with van der Waals surface area (Å²) < 4.78 is 5.29. The molecule has 2 N–H and O–H groups in total. The van der Waals surface area contributed by atoms with E-state index in [1.54, 1.807) is 7.11 Å². The van der Waals surface area contributed by atoms with E-state index in [9.17, 15) is 0 Å². The normalized spacial score (nSPS) is 19.2. The van der Waals surface area contributed by atoms with Gasteiger partial charge >= 0.3 is 0 Å². The Bertz CT molecular complexity index is 418. The average molecular weight is 263 g/mol. The number of nitrogens with two attached hydrogens (primary N) is 1. The van der Waals surface area contributed by atoms with E-state index >= 15 is 0 Å². The molecule has 4 nitrogen and oxygen atoms in total. The van der Waals surface area contributed by atoms with Gasteiger partial charge < -0.3 is 15.4 Å². The van der Waals surface area contributed by atoms with E-state index < -0.39 is 0 Å². The zero-order valence-corrected chi connectivity index (χ0v) is 12.2. The highest BCUT2D eigenvalue weighted by atomic mass is 16.5. The van der Waals surface area contributed by atoms with Crippen molar-refractivity contribution in [2.45, 2.75) is 26.3 Å². The molecule has 1 saturated heterocycles. The molecule has 1 fully saturated rings. The minimum absolute atomic E-state index is 0.639. The van der Waals surface area contributed by atoms with Gasteiger partial charge in [-0.25, -0.2) is 0 Å². The minimum atomic E-state index is 0.639. The van der Waals surface area contributed by atoms with Crippen molar-refractivity contribution in [3.8, 4) is 5.75 Å². The smallest absolute Gasteiger partial charge is 0.121 e. The van der Waals surface area contributed by atoms with Crippen LogP contribution >= 0.6 is 0 Å². The van der Waals surface area contributed by atoms with E-state index in [4.69, 9.17) is 10.5 Å². The van der Waals surface area contributed by atoms with Crippen LogP contribution in [-0.4, -0.2) is 44.2 Å². The first-order chi connectivity index (χ1) is 9.19. The first kappa shape index (κ1) is 14.0. The predicted octanol–water partition coefficient (Wildman–Crippen LogP) is 2.20. The second kappa shape index (κ2) is 6.15. The summed E-state index contributed by atoms with van der Waals surface area (Å²) in [6.45, 7) is 8.81. The van der Waals surface area contributed by atoms with Crippen molar-refractivity contribution < 1.29 is 4.74 Å². The third-order valence-corrected chi connectivity index (χ3v) is 4.07. The van der Waals surface area contributed by atoms with Gasteiger partial charge in [0.25, 0.3) is 0 Å². The van der Waals surface area contributed by atoms with Crippen molar-refractivity contribution in [3.63, 3.8) is 0 Å². The van der Waals surface area contributed by atoms with Crippen molar-refractivity contribution in [1.82, 2.24) is 4.90 Å². The fourth-order valence-corrected chi connectivity index (χ4v) is 2.92. The molecule has 1 aliphatic rings. The molecule has 4 heteroatoms. The summed E-state index contributed by atoms with van der Waals surface area (Å²) in [6.07, 6.45) is 1.21. The quantitative estimate of drug-likeness (QED) is 0.827. The van der Waals surface area contributed by atoms with Gasteiger partial charge in [-0.2, -0.15) is 0 Å². The fourth-order valence-electron chi connectivity index (χ4n) is 2.92. The highest BCUT2D eigenvalue weighted by Crippen LogP contribution is 2.31. The fraction of sp³-hybridized carbons (Fsp3) is 0.600. The molecule has 106 valence electrons. The Morgan fingerprint density at radius 2 is 2.11 bits per heavy atom. The first-order valence-electron chi connectivity index (χ1n) is 7.12. The van der Waals surface area contributed by atoms with Crippen LogP contribution in [0.1, 0.15) is 20.3 Å². The number of nitrogen functional groups attached to an aromatic ring is 1. The zero-order valence-electron chi connectivity index (χ0n) is 12.2. The van der Waals surface area contributed by atoms with Crippen LogP contribution in [-0.2, 0) is 0 Å². The number of likely N-dealkylation sites (N-methyl/N-ethyl adjacent to an activating group) is 1.